The fourth-order valence-corrected chi connectivity index (χ4v) is 4.55. The summed E-state index contributed by atoms with van der Waals surface area (Å²) in [6, 6.07) is 9.44. The van der Waals surface area contributed by atoms with Gasteiger partial charge in [0, 0.05) is 16.6 Å². The van der Waals surface area contributed by atoms with Crippen LogP contribution in [0.25, 0.3) is 0 Å². The molecule has 0 amide bonds. The molecule has 2 fully saturated rings. The van der Waals surface area contributed by atoms with E-state index in [0.29, 0.717) is 6.04 Å². The van der Waals surface area contributed by atoms with Crippen LogP contribution in [0.2, 0.25) is 0 Å². The van der Waals surface area contributed by atoms with E-state index in [4.69, 9.17) is 0 Å². The average molecular weight is 275 g/mol. The Morgan fingerprint density at radius 3 is 2.63 bits per heavy atom. The summed E-state index contributed by atoms with van der Waals surface area (Å²) in [4.78, 5) is 1.38. The quantitative estimate of drug-likeness (QED) is 0.763. The van der Waals surface area contributed by atoms with Crippen LogP contribution in [0.3, 0.4) is 0 Å². The third kappa shape index (κ3) is 3.10. The van der Waals surface area contributed by atoms with Gasteiger partial charge in [0.2, 0.25) is 0 Å². The van der Waals surface area contributed by atoms with Gasteiger partial charge in [0.1, 0.15) is 0 Å². The number of hydrogen-bond donors (Lipinski definition) is 1. The minimum Gasteiger partial charge on any atom is -0.381 e. The maximum absolute atomic E-state index is 3.81. The molecule has 0 aromatic heterocycles. The summed E-state index contributed by atoms with van der Waals surface area (Å²) in [5.74, 6) is 2.05. The summed E-state index contributed by atoms with van der Waals surface area (Å²) in [6.45, 7) is 0. The molecule has 1 aromatic carbocycles. The third-order valence-electron chi connectivity index (χ3n) is 5.01. The second kappa shape index (κ2) is 6.21. The first kappa shape index (κ1) is 13.4. The minimum absolute atomic E-state index is 0.702. The maximum Gasteiger partial charge on any atom is 0.0480 e. The molecule has 2 aliphatic rings. The zero-order valence-electron chi connectivity index (χ0n) is 11.9. The second-order valence-corrected chi connectivity index (χ2v) is 7.01. The first-order valence-electron chi connectivity index (χ1n) is 7.76. The predicted octanol–water partition coefficient (Wildman–Crippen LogP) is 5.18. The van der Waals surface area contributed by atoms with Crippen molar-refractivity contribution in [3.63, 3.8) is 0 Å². The van der Waals surface area contributed by atoms with Crippen LogP contribution in [0.5, 0.6) is 0 Å². The van der Waals surface area contributed by atoms with Crippen LogP contribution in [0.15, 0.2) is 29.2 Å². The van der Waals surface area contributed by atoms with Crippen LogP contribution < -0.4 is 5.32 Å². The Bertz CT molecular complexity index is 417. The molecule has 3 atom stereocenters. The first-order valence-corrected chi connectivity index (χ1v) is 8.99. The number of anilines is 1. The largest absolute Gasteiger partial charge is 0.381 e. The van der Waals surface area contributed by atoms with Gasteiger partial charge in [-0.2, -0.15) is 0 Å². The SMILES string of the molecule is CSc1ccccc1NC1CCC2CCCCC2C1. The third-order valence-corrected chi connectivity index (χ3v) is 5.80. The van der Waals surface area contributed by atoms with Crippen LogP contribution in [0.1, 0.15) is 44.9 Å². The Morgan fingerprint density at radius 1 is 1.00 bits per heavy atom. The van der Waals surface area contributed by atoms with Gasteiger partial charge in [-0.1, -0.05) is 37.8 Å². The lowest BCUT2D eigenvalue weighted by molar-refractivity contribution is 0.162. The van der Waals surface area contributed by atoms with Gasteiger partial charge in [-0.25, -0.2) is 0 Å². The summed E-state index contributed by atoms with van der Waals surface area (Å²) in [5, 5.41) is 3.81. The van der Waals surface area contributed by atoms with Crippen molar-refractivity contribution in [1.29, 1.82) is 0 Å². The molecule has 1 N–H and O–H groups in total. The first-order chi connectivity index (χ1) is 9.36. The molecule has 3 unspecified atom stereocenters. The maximum atomic E-state index is 3.81. The smallest absolute Gasteiger partial charge is 0.0480 e. The molecule has 0 heterocycles. The van der Waals surface area contributed by atoms with Gasteiger partial charge in [-0.3, -0.25) is 0 Å². The molecule has 2 heteroatoms. The summed E-state index contributed by atoms with van der Waals surface area (Å²) in [6.07, 6.45) is 12.3. The fourth-order valence-electron chi connectivity index (χ4n) is 3.99. The number of thioether (sulfide) groups is 1. The minimum atomic E-state index is 0.702. The van der Waals surface area contributed by atoms with E-state index in [0.717, 1.165) is 11.8 Å². The highest BCUT2D eigenvalue weighted by Gasteiger charge is 2.32. The normalized spacial score (nSPS) is 30.7. The van der Waals surface area contributed by atoms with Crippen molar-refractivity contribution in [2.75, 3.05) is 11.6 Å². The van der Waals surface area contributed by atoms with Crippen molar-refractivity contribution >= 4 is 17.4 Å². The number of rotatable bonds is 3. The monoisotopic (exact) mass is 275 g/mol. The zero-order valence-corrected chi connectivity index (χ0v) is 12.7. The predicted molar refractivity (Wildman–Crippen MR) is 84.9 cm³/mol. The lowest BCUT2D eigenvalue weighted by atomic mass is 9.69. The van der Waals surface area contributed by atoms with Crippen LogP contribution in [-0.2, 0) is 0 Å². The molecule has 0 saturated heterocycles. The van der Waals surface area contributed by atoms with Crippen molar-refractivity contribution in [3.05, 3.63) is 24.3 Å². The number of nitrogens with one attached hydrogen (secondary N) is 1. The van der Waals surface area contributed by atoms with Gasteiger partial charge in [-0.05, 0) is 49.5 Å². The molecular weight excluding hydrogens is 250 g/mol. The van der Waals surface area contributed by atoms with Crippen LogP contribution in [-0.4, -0.2) is 12.3 Å². The molecule has 1 aromatic rings. The van der Waals surface area contributed by atoms with Gasteiger partial charge in [0.25, 0.3) is 0 Å². The highest BCUT2D eigenvalue weighted by atomic mass is 32.2. The molecule has 0 radical (unpaired) electrons. The van der Waals surface area contributed by atoms with Crippen molar-refractivity contribution < 1.29 is 0 Å². The van der Waals surface area contributed by atoms with E-state index in [1.807, 2.05) is 11.8 Å². The fraction of sp³-hybridized carbons (Fsp3) is 0.647. The number of benzene rings is 1. The zero-order chi connectivity index (χ0) is 13.1. The summed E-state index contributed by atoms with van der Waals surface area (Å²) in [5.41, 5.74) is 1.34. The molecule has 2 aliphatic carbocycles. The molecule has 0 aliphatic heterocycles. The summed E-state index contributed by atoms with van der Waals surface area (Å²) < 4.78 is 0. The molecule has 2 saturated carbocycles. The lowest BCUT2D eigenvalue weighted by Gasteiger charge is -2.40. The summed E-state index contributed by atoms with van der Waals surface area (Å²) >= 11 is 1.84. The van der Waals surface area contributed by atoms with Gasteiger partial charge >= 0.3 is 0 Å². The van der Waals surface area contributed by atoms with Crippen LogP contribution in [0, 0.1) is 11.8 Å². The molecular formula is C17H25NS. The summed E-state index contributed by atoms with van der Waals surface area (Å²) in [7, 11) is 0. The number of para-hydroxylation sites is 1. The van der Waals surface area contributed by atoms with Gasteiger partial charge in [-0.15, -0.1) is 11.8 Å². The van der Waals surface area contributed by atoms with Crippen LogP contribution >= 0.6 is 11.8 Å². The Hall–Kier alpha value is -0.630. The Kier molecular flexibility index (Phi) is 4.37. The van der Waals surface area contributed by atoms with E-state index in [1.54, 1.807) is 0 Å². The number of hydrogen-bond acceptors (Lipinski definition) is 2. The van der Waals surface area contributed by atoms with Crippen molar-refractivity contribution in [1.82, 2.24) is 0 Å². The van der Waals surface area contributed by atoms with E-state index >= 15 is 0 Å². The lowest BCUT2D eigenvalue weighted by Crippen LogP contribution is -2.34. The molecule has 19 heavy (non-hydrogen) atoms. The van der Waals surface area contributed by atoms with Crippen molar-refractivity contribution in [2.45, 2.75) is 55.9 Å². The van der Waals surface area contributed by atoms with Gasteiger partial charge in [0.15, 0.2) is 0 Å². The standard InChI is InChI=1S/C17H25NS/c1-19-17-9-5-4-8-16(17)18-15-11-10-13-6-2-3-7-14(13)12-15/h4-5,8-9,13-15,18H,2-3,6-7,10-12H2,1H3. The van der Waals surface area contributed by atoms with Gasteiger partial charge in [0.05, 0.1) is 0 Å². The number of fused-ring (bicyclic) bond motifs is 1. The van der Waals surface area contributed by atoms with Crippen molar-refractivity contribution in [3.8, 4) is 0 Å². The van der Waals surface area contributed by atoms with Gasteiger partial charge < -0.3 is 5.32 Å². The van der Waals surface area contributed by atoms with E-state index in [1.165, 1.54) is 55.5 Å². The second-order valence-electron chi connectivity index (χ2n) is 6.16. The van der Waals surface area contributed by atoms with E-state index in [-0.39, 0.29) is 0 Å². The van der Waals surface area contributed by atoms with E-state index in [9.17, 15) is 0 Å². The molecule has 3 rings (SSSR count). The molecule has 0 bridgehead atoms. The topological polar surface area (TPSA) is 12.0 Å². The van der Waals surface area contributed by atoms with Crippen LogP contribution in [0.4, 0.5) is 5.69 Å². The Balaban J connectivity index is 1.64. The molecule has 0 spiro atoms. The average Bonchev–Trinajstić information content (AvgIpc) is 2.48. The molecule has 104 valence electrons. The molecule has 1 nitrogen and oxygen atoms in total. The van der Waals surface area contributed by atoms with Crippen molar-refractivity contribution in [2.24, 2.45) is 11.8 Å². The highest BCUT2D eigenvalue weighted by molar-refractivity contribution is 7.98. The Morgan fingerprint density at radius 2 is 1.79 bits per heavy atom. The van der Waals surface area contributed by atoms with E-state index in [2.05, 4.69) is 35.8 Å². The van der Waals surface area contributed by atoms with E-state index < -0.39 is 0 Å². The highest BCUT2D eigenvalue weighted by Crippen LogP contribution is 2.41. The Labute approximate surface area is 121 Å².